The number of carboxylic acids is 1. The lowest BCUT2D eigenvalue weighted by Crippen LogP contribution is -2.51. The number of carbonyl (C=O) groups excluding carboxylic acids is 1. The fourth-order valence-corrected chi connectivity index (χ4v) is 8.71. The molecule has 0 saturated heterocycles. The highest BCUT2D eigenvalue weighted by Gasteiger charge is 2.58. The van der Waals surface area contributed by atoms with E-state index >= 15 is 0 Å². The largest absolute Gasteiger partial charge is 0.481 e. The number of oxime groups is 1. The van der Waals surface area contributed by atoms with Gasteiger partial charge in [0, 0.05) is 6.54 Å². The summed E-state index contributed by atoms with van der Waals surface area (Å²) < 4.78 is 0. The maximum absolute atomic E-state index is 12.2. The van der Waals surface area contributed by atoms with Crippen LogP contribution >= 0.6 is 0 Å². The van der Waals surface area contributed by atoms with E-state index in [9.17, 15) is 14.7 Å². The zero-order valence-electron chi connectivity index (χ0n) is 22.0. The van der Waals surface area contributed by atoms with E-state index in [1.807, 2.05) is 0 Å². The minimum atomic E-state index is -0.702. The summed E-state index contributed by atoms with van der Waals surface area (Å²) >= 11 is 0. The normalized spacial score (nSPS) is 43.1. The Morgan fingerprint density at radius 2 is 1.81 bits per heavy atom. The number of amides is 1. The number of aliphatic hydroxyl groups is 1. The molecule has 5 aliphatic carbocycles. The molecular formula is C29H44N2O5. The molecule has 6 atom stereocenters. The molecule has 3 N–H and O–H groups in total. The molecule has 200 valence electrons. The Kier molecular flexibility index (Phi) is 7.23. The number of carbonyl (C=O) groups is 2. The Labute approximate surface area is 215 Å². The predicted octanol–water partition coefficient (Wildman–Crippen LogP) is 4.69. The summed E-state index contributed by atoms with van der Waals surface area (Å²) in [5, 5.41) is 27.0. The lowest BCUT2D eigenvalue weighted by atomic mass is 9.47. The number of nitrogens with zero attached hydrogens (tertiary/aromatic N) is 1. The first kappa shape index (κ1) is 25.7. The molecule has 0 aromatic rings. The van der Waals surface area contributed by atoms with Crippen LogP contribution in [0.15, 0.2) is 16.8 Å². The van der Waals surface area contributed by atoms with Crippen LogP contribution in [0.3, 0.4) is 0 Å². The van der Waals surface area contributed by atoms with Gasteiger partial charge in [0.25, 0.3) is 5.91 Å². The fraction of sp³-hybridized carbons (Fsp3) is 0.828. The van der Waals surface area contributed by atoms with Crippen molar-refractivity contribution >= 4 is 17.6 Å². The molecule has 0 aromatic carbocycles. The minimum absolute atomic E-state index is 0.0816. The summed E-state index contributed by atoms with van der Waals surface area (Å²) in [6.07, 6.45) is 14.0. The Hall–Kier alpha value is -1.89. The van der Waals surface area contributed by atoms with Crippen LogP contribution in [-0.4, -0.2) is 47.1 Å². The van der Waals surface area contributed by atoms with Crippen LogP contribution in [0.4, 0.5) is 0 Å². The lowest BCUT2D eigenvalue weighted by molar-refractivity contribution is -0.143. The second-order valence-electron chi connectivity index (χ2n) is 12.9. The van der Waals surface area contributed by atoms with Crippen molar-refractivity contribution < 1.29 is 24.6 Å². The number of rotatable bonds is 6. The second-order valence-corrected chi connectivity index (χ2v) is 12.9. The fourth-order valence-electron chi connectivity index (χ4n) is 8.71. The van der Waals surface area contributed by atoms with E-state index in [1.165, 1.54) is 24.8 Å². The van der Waals surface area contributed by atoms with E-state index in [0.29, 0.717) is 37.1 Å². The molecular weight excluding hydrogens is 456 g/mol. The van der Waals surface area contributed by atoms with Crippen molar-refractivity contribution in [2.24, 2.45) is 45.6 Å². The Bertz CT molecular complexity index is 923. The summed E-state index contributed by atoms with van der Waals surface area (Å²) in [4.78, 5) is 28.8. The number of nitrogens with one attached hydrogen (secondary N) is 1. The predicted molar refractivity (Wildman–Crippen MR) is 137 cm³/mol. The van der Waals surface area contributed by atoms with E-state index < -0.39 is 5.97 Å². The number of fused-ring (bicyclic) bond motifs is 5. The smallest absolute Gasteiger partial charge is 0.306 e. The molecule has 0 unspecified atom stereocenters. The average Bonchev–Trinajstić information content (AvgIpc) is 3.17. The van der Waals surface area contributed by atoms with Gasteiger partial charge in [-0.25, -0.2) is 0 Å². The molecule has 1 amide bonds. The topological polar surface area (TPSA) is 108 Å². The number of aliphatic carboxylic acids is 1. The summed E-state index contributed by atoms with van der Waals surface area (Å²) in [7, 11) is 0. The van der Waals surface area contributed by atoms with Gasteiger partial charge in [0.2, 0.25) is 0 Å². The lowest BCUT2D eigenvalue weighted by Gasteiger charge is -2.57. The summed E-state index contributed by atoms with van der Waals surface area (Å²) in [5.41, 5.74) is 2.78. The van der Waals surface area contributed by atoms with Gasteiger partial charge in [-0.15, -0.1) is 0 Å². The van der Waals surface area contributed by atoms with E-state index in [4.69, 9.17) is 9.94 Å². The maximum Gasteiger partial charge on any atom is 0.306 e. The number of hydrogen-bond donors (Lipinski definition) is 3. The molecule has 0 radical (unpaired) electrons. The Morgan fingerprint density at radius 3 is 2.56 bits per heavy atom. The van der Waals surface area contributed by atoms with Crippen molar-refractivity contribution in [3.63, 3.8) is 0 Å². The van der Waals surface area contributed by atoms with Crippen LogP contribution in [-0.2, 0) is 14.4 Å². The van der Waals surface area contributed by atoms with E-state index in [-0.39, 0.29) is 35.4 Å². The summed E-state index contributed by atoms with van der Waals surface area (Å²) in [5.74, 6) is 1.32. The second kappa shape index (κ2) is 10.1. The van der Waals surface area contributed by atoms with Crippen LogP contribution in [0.2, 0.25) is 0 Å². The van der Waals surface area contributed by atoms with Crippen molar-refractivity contribution in [1.82, 2.24) is 5.32 Å². The SMILES string of the molecule is C[C@]12CC[C@H]3[C@@H](CCC4=C/C(=N\OCC(=O)NCC5CCC(C(=O)O)CC5)CC[C@@]43C)[C@@H]1CC[C@H]2O. The van der Waals surface area contributed by atoms with Crippen LogP contribution in [0.5, 0.6) is 0 Å². The van der Waals surface area contributed by atoms with Gasteiger partial charge in [-0.3, -0.25) is 9.59 Å². The highest BCUT2D eigenvalue weighted by Crippen LogP contribution is 2.65. The van der Waals surface area contributed by atoms with Crippen molar-refractivity contribution in [3.05, 3.63) is 11.6 Å². The quantitative estimate of drug-likeness (QED) is 0.459. The van der Waals surface area contributed by atoms with Gasteiger partial charge in [-0.2, -0.15) is 0 Å². The first-order valence-electron chi connectivity index (χ1n) is 14.3. The highest BCUT2D eigenvalue weighted by molar-refractivity contribution is 5.96. The van der Waals surface area contributed by atoms with Gasteiger partial charge in [0.1, 0.15) is 0 Å². The van der Waals surface area contributed by atoms with Crippen LogP contribution in [0, 0.1) is 40.4 Å². The minimum Gasteiger partial charge on any atom is -0.481 e. The molecule has 0 aromatic heterocycles. The molecule has 4 saturated carbocycles. The highest BCUT2D eigenvalue weighted by atomic mass is 16.6. The van der Waals surface area contributed by atoms with Crippen molar-refractivity contribution in [1.29, 1.82) is 0 Å². The van der Waals surface area contributed by atoms with E-state index in [2.05, 4.69) is 30.4 Å². The van der Waals surface area contributed by atoms with Crippen molar-refractivity contribution in [2.75, 3.05) is 13.2 Å². The third-order valence-corrected chi connectivity index (χ3v) is 11.1. The Morgan fingerprint density at radius 1 is 1.03 bits per heavy atom. The zero-order chi connectivity index (χ0) is 25.5. The monoisotopic (exact) mass is 500 g/mol. The van der Waals surface area contributed by atoms with Gasteiger partial charge in [-0.1, -0.05) is 24.6 Å². The maximum atomic E-state index is 12.2. The molecule has 7 heteroatoms. The van der Waals surface area contributed by atoms with Gasteiger partial charge < -0.3 is 20.4 Å². The molecule has 0 aliphatic heterocycles. The van der Waals surface area contributed by atoms with Crippen LogP contribution in [0.25, 0.3) is 0 Å². The summed E-state index contributed by atoms with van der Waals surface area (Å²) in [6.45, 7) is 5.29. The number of carboxylic acid groups (broad SMARTS) is 1. The van der Waals surface area contributed by atoms with Gasteiger partial charge in [0.05, 0.1) is 17.7 Å². The zero-order valence-corrected chi connectivity index (χ0v) is 22.0. The molecule has 4 fully saturated rings. The van der Waals surface area contributed by atoms with Crippen molar-refractivity contribution in [3.8, 4) is 0 Å². The molecule has 5 rings (SSSR count). The van der Waals surface area contributed by atoms with Crippen LogP contribution in [0.1, 0.15) is 90.9 Å². The third-order valence-electron chi connectivity index (χ3n) is 11.1. The molecule has 5 aliphatic rings. The van der Waals surface area contributed by atoms with Gasteiger partial charge >= 0.3 is 5.97 Å². The molecule has 0 heterocycles. The Balaban J connectivity index is 1.11. The third kappa shape index (κ3) is 4.72. The number of allylic oxidation sites excluding steroid dienone is 2. The molecule has 36 heavy (non-hydrogen) atoms. The average molecular weight is 501 g/mol. The first-order chi connectivity index (χ1) is 17.2. The molecule has 0 spiro atoms. The van der Waals surface area contributed by atoms with E-state index in [0.717, 1.165) is 56.6 Å². The number of aliphatic hydroxyl groups excluding tert-OH is 1. The molecule has 7 nitrogen and oxygen atoms in total. The summed E-state index contributed by atoms with van der Waals surface area (Å²) in [6, 6.07) is 0. The standard InChI is InChI=1S/C29H44N2O5/c1-28-13-11-21(31-36-17-26(33)30-16-18-3-5-19(6-4-18)27(34)35)15-20(28)7-8-22-23-9-10-25(32)29(23,2)14-12-24(22)28/h15,18-19,22-25,32H,3-14,16-17H2,1-2H3,(H,30,33)(H,34,35)/b31-21-/t18?,19?,22-,23-,24-,25+,28-,29-/m0/s1. The van der Waals surface area contributed by atoms with Gasteiger partial charge in [0.15, 0.2) is 6.61 Å². The van der Waals surface area contributed by atoms with Crippen molar-refractivity contribution in [2.45, 2.75) is 97.0 Å². The first-order valence-corrected chi connectivity index (χ1v) is 14.3. The van der Waals surface area contributed by atoms with Gasteiger partial charge in [-0.05, 0) is 118 Å². The van der Waals surface area contributed by atoms with Crippen LogP contribution < -0.4 is 5.32 Å². The molecule has 0 bridgehead atoms. The van der Waals surface area contributed by atoms with E-state index in [1.54, 1.807) is 0 Å². The number of hydrogen-bond acceptors (Lipinski definition) is 5.